The number of rotatable bonds is 4. The average molecular weight is 383 g/mol. The van der Waals surface area contributed by atoms with E-state index in [2.05, 4.69) is 10.6 Å². The van der Waals surface area contributed by atoms with E-state index in [1.807, 2.05) is 38.1 Å². The molecular weight excluding hydrogens is 357 g/mol. The zero-order valence-electron chi connectivity index (χ0n) is 16.2. The van der Waals surface area contributed by atoms with E-state index >= 15 is 0 Å². The summed E-state index contributed by atoms with van der Waals surface area (Å²) < 4.78 is 13.7. The van der Waals surface area contributed by atoms with Gasteiger partial charge in [0.2, 0.25) is 5.91 Å². The lowest BCUT2D eigenvalue weighted by Crippen LogP contribution is -2.43. The van der Waals surface area contributed by atoms with Crippen LogP contribution in [0.25, 0.3) is 0 Å². The fraction of sp³-hybridized carbons (Fsp3) is 0.364. The highest BCUT2D eigenvalue weighted by Gasteiger charge is 2.30. The molecule has 0 radical (unpaired) electrons. The number of nitrogens with zero attached hydrogens (tertiary/aromatic N) is 1. The molecule has 0 unspecified atom stereocenters. The minimum Gasteiger partial charge on any atom is -0.325 e. The summed E-state index contributed by atoms with van der Waals surface area (Å²) in [6, 6.07) is 13.7. The Kier molecular flexibility index (Phi) is 6.29. The Labute approximate surface area is 164 Å². The summed E-state index contributed by atoms with van der Waals surface area (Å²) in [5, 5.41) is 5.58. The summed E-state index contributed by atoms with van der Waals surface area (Å²) in [5.41, 5.74) is 2.12. The second-order valence-corrected chi connectivity index (χ2v) is 7.38. The number of piperidine rings is 1. The van der Waals surface area contributed by atoms with E-state index in [9.17, 15) is 14.0 Å². The number of halogens is 1. The number of hydrogen-bond donors (Lipinski definition) is 2. The van der Waals surface area contributed by atoms with Crippen LogP contribution in [0.2, 0.25) is 0 Å². The molecule has 1 saturated heterocycles. The molecule has 1 aliphatic heterocycles. The van der Waals surface area contributed by atoms with Crippen LogP contribution >= 0.6 is 0 Å². The first-order valence-corrected chi connectivity index (χ1v) is 9.62. The van der Waals surface area contributed by atoms with Gasteiger partial charge in [-0.1, -0.05) is 36.8 Å². The summed E-state index contributed by atoms with van der Waals surface area (Å²) in [6.07, 6.45) is 1.49. The highest BCUT2D eigenvalue weighted by Crippen LogP contribution is 2.27. The van der Waals surface area contributed by atoms with E-state index in [1.54, 1.807) is 23.1 Å². The second-order valence-electron chi connectivity index (χ2n) is 7.38. The van der Waals surface area contributed by atoms with Crippen LogP contribution in [0.5, 0.6) is 0 Å². The number of likely N-dealkylation sites (tertiary alicyclic amines) is 1. The number of para-hydroxylation sites is 1. The molecule has 2 aromatic carbocycles. The van der Waals surface area contributed by atoms with E-state index in [4.69, 9.17) is 0 Å². The molecule has 0 saturated carbocycles. The first-order valence-electron chi connectivity index (χ1n) is 9.62. The van der Waals surface area contributed by atoms with Crippen LogP contribution in [-0.2, 0) is 4.79 Å². The van der Waals surface area contributed by atoms with Crippen molar-refractivity contribution in [3.05, 3.63) is 59.9 Å². The summed E-state index contributed by atoms with van der Waals surface area (Å²) in [5.74, 6) is -0.713. The van der Waals surface area contributed by atoms with Gasteiger partial charge in [-0.25, -0.2) is 9.18 Å². The Morgan fingerprint density at radius 2 is 1.68 bits per heavy atom. The van der Waals surface area contributed by atoms with Crippen molar-refractivity contribution in [2.24, 2.45) is 11.8 Å². The number of carbonyl (C=O) groups is 2. The van der Waals surface area contributed by atoms with Crippen molar-refractivity contribution in [1.82, 2.24) is 4.90 Å². The Morgan fingerprint density at radius 3 is 2.32 bits per heavy atom. The number of nitrogens with one attached hydrogen (secondary N) is 2. The van der Waals surface area contributed by atoms with E-state index in [-0.39, 0.29) is 29.5 Å². The molecule has 148 valence electrons. The number of anilines is 2. The molecule has 0 aliphatic carbocycles. The molecule has 2 N–H and O–H groups in total. The van der Waals surface area contributed by atoms with Gasteiger partial charge in [-0.3, -0.25) is 4.79 Å². The summed E-state index contributed by atoms with van der Waals surface area (Å²) in [4.78, 5) is 26.7. The van der Waals surface area contributed by atoms with Crippen molar-refractivity contribution in [2.45, 2.75) is 26.7 Å². The van der Waals surface area contributed by atoms with Gasteiger partial charge in [-0.05, 0) is 49.9 Å². The minimum absolute atomic E-state index is 0.120. The van der Waals surface area contributed by atoms with Crippen LogP contribution in [0.4, 0.5) is 20.6 Å². The lowest BCUT2D eigenvalue weighted by molar-refractivity contribution is -0.121. The van der Waals surface area contributed by atoms with Gasteiger partial charge in [0.1, 0.15) is 5.82 Å². The molecule has 1 atom stereocenters. The van der Waals surface area contributed by atoms with Crippen LogP contribution in [0.3, 0.4) is 0 Å². The topological polar surface area (TPSA) is 61.4 Å². The fourth-order valence-electron chi connectivity index (χ4n) is 3.47. The molecule has 0 aromatic heterocycles. The largest absolute Gasteiger partial charge is 0.325 e. The van der Waals surface area contributed by atoms with Gasteiger partial charge in [-0.15, -0.1) is 0 Å². The molecule has 28 heavy (non-hydrogen) atoms. The quantitative estimate of drug-likeness (QED) is 0.807. The van der Waals surface area contributed by atoms with Crippen molar-refractivity contribution in [3.8, 4) is 0 Å². The number of amides is 3. The summed E-state index contributed by atoms with van der Waals surface area (Å²) >= 11 is 0. The number of benzene rings is 2. The van der Waals surface area contributed by atoms with Gasteiger partial charge in [0, 0.05) is 24.7 Å². The normalized spacial score (nSPS) is 15.8. The van der Waals surface area contributed by atoms with Crippen molar-refractivity contribution in [1.29, 1.82) is 0 Å². The average Bonchev–Trinajstić information content (AvgIpc) is 2.71. The van der Waals surface area contributed by atoms with Crippen LogP contribution in [0.15, 0.2) is 48.5 Å². The lowest BCUT2D eigenvalue weighted by Gasteiger charge is -2.34. The molecule has 3 rings (SSSR count). The SMILES string of the molecule is Cc1ccc(NC(=O)N2CCC([C@H](C)C(=O)Nc3ccccc3F)CC2)cc1. The smallest absolute Gasteiger partial charge is 0.321 e. The molecule has 2 aromatic rings. The van der Waals surface area contributed by atoms with E-state index in [0.717, 1.165) is 24.1 Å². The zero-order chi connectivity index (χ0) is 20.1. The van der Waals surface area contributed by atoms with Crippen molar-refractivity contribution < 1.29 is 14.0 Å². The van der Waals surface area contributed by atoms with Crippen LogP contribution < -0.4 is 10.6 Å². The van der Waals surface area contributed by atoms with E-state index < -0.39 is 5.82 Å². The van der Waals surface area contributed by atoms with Gasteiger partial charge in [0.25, 0.3) is 0 Å². The van der Waals surface area contributed by atoms with Crippen molar-refractivity contribution in [3.63, 3.8) is 0 Å². The maximum atomic E-state index is 13.7. The summed E-state index contributed by atoms with van der Waals surface area (Å²) in [6.45, 7) is 5.06. The van der Waals surface area contributed by atoms with Crippen LogP contribution in [0, 0.1) is 24.6 Å². The molecule has 6 heteroatoms. The predicted molar refractivity (Wildman–Crippen MR) is 109 cm³/mol. The van der Waals surface area contributed by atoms with Gasteiger partial charge in [0.05, 0.1) is 5.69 Å². The van der Waals surface area contributed by atoms with Crippen LogP contribution in [0.1, 0.15) is 25.3 Å². The fourth-order valence-corrected chi connectivity index (χ4v) is 3.47. The van der Waals surface area contributed by atoms with Gasteiger partial charge >= 0.3 is 6.03 Å². The van der Waals surface area contributed by atoms with E-state index in [1.165, 1.54) is 6.07 Å². The maximum absolute atomic E-state index is 13.7. The molecule has 1 heterocycles. The molecule has 5 nitrogen and oxygen atoms in total. The maximum Gasteiger partial charge on any atom is 0.321 e. The van der Waals surface area contributed by atoms with Gasteiger partial charge in [0.15, 0.2) is 0 Å². The van der Waals surface area contributed by atoms with Crippen LogP contribution in [-0.4, -0.2) is 29.9 Å². The number of hydrogen-bond acceptors (Lipinski definition) is 2. The second kappa shape index (κ2) is 8.87. The highest BCUT2D eigenvalue weighted by atomic mass is 19.1. The molecular formula is C22H26FN3O2. The predicted octanol–water partition coefficient (Wildman–Crippen LogP) is 4.65. The van der Waals surface area contributed by atoms with Gasteiger partial charge in [-0.2, -0.15) is 0 Å². The number of urea groups is 1. The minimum atomic E-state index is -0.439. The Bertz CT molecular complexity index is 830. The third-order valence-corrected chi connectivity index (χ3v) is 5.38. The standard InChI is InChI=1S/C22H26FN3O2/c1-15-7-9-18(10-8-15)24-22(28)26-13-11-17(12-14-26)16(2)21(27)25-20-6-4-3-5-19(20)23/h3-10,16-17H,11-14H2,1-2H3,(H,24,28)(H,25,27)/t16-/m0/s1. The first kappa shape index (κ1) is 19.9. The third kappa shape index (κ3) is 4.88. The number of carbonyl (C=O) groups excluding carboxylic acids is 2. The molecule has 0 bridgehead atoms. The highest BCUT2D eigenvalue weighted by molar-refractivity contribution is 5.92. The zero-order valence-corrected chi connectivity index (χ0v) is 16.2. The Balaban J connectivity index is 1.50. The monoisotopic (exact) mass is 383 g/mol. The Hall–Kier alpha value is -2.89. The molecule has 1 aliphatic rings. The van der Waals surface area contributed by atoms with E-state index in [0.29, 0.717) is 13.1 Å². The van der Waals surface area contributed by atoms with Crippen molar-refractivity contribution >= 4 is 23.3 Å². The first-order chi connectivity index (χ1) is 13.4. The lowest BCUT2D eigenvalue weighted by atomic mass is 9.85. The Morgan fingerprint density at radius 1 is 1.04 bits per heavy atom. The molecule has 1 fully saturated rings. The molecule has 0 spiro atoms. The summed E-state index contributed by atoms with van der Waals surface area (Å²) in [7, 11) is 0. The third-order valence-electron chi connectivity index (χ3n) is 5.38. The van der Waals surface area contributed by atoms with Gasteiger partial charge < -0.3 is 15.5 Å². The van der Waals surface area contributed by atoms with Crippen molar-refractivity contribution in [2.75, 3.05) is 23.7 Å². The molecule has 3 amide bonds. The number of aryl methyl sites for hydroxylation is 1.